The smallest absolute Gasteiger partial charge is 0.339 e. The van der Waals surface area contributed by atoms with Crippen molar-refractivity contribution in [3.05, 3.63) is 23.8 Å². The molecular weight excluding hydrogens is 316 g/mol. The van der Waals surface area contributed by atoms with Crippen molar-refractivity contribution in [1.82, 2.24) is 0 Å². The molecule has 0 aliphatic carbocycles. The Morgan fingerprint density at radius 1 is 0.840 bits per heavy atom. The highest BCUT2D eigenvalue weighted by molar-refractivity contribution is 5.91. The van der Waals surface area contributed by atoms with Crippen LogP contribution in [0.5, 0.6) is 11.5 Å². The minimum atomic E-state index is -0.966. The zero-order valence-electron chi connectivity index (χ0n) is 15.9. The third-order valence-corrected chi connectivity index (χ3v) is 4.21. The fourth-order valence-corrected chi connectivity index (χ4v) is 2.67. The van der Waals surface area contributed by atoms with Gasteiger partial charge in [0.15, 0.2) is 0 Å². The highest BCUT2D eigenvalue weighted by Gasteiger charge is 2.12. The number of hydrogen-bond acceptors (Lipinski definition) is 3. The zero-order chi connectivity index (χ0) is 18.3. The molecule has 0 aliphatic rings. The van der Waals surface area contributed by atoms with Crippen LogP contribution in [0.1, 0.15) is 88.4 Å². The summed E-state index contributed by atoms with van der Waals surface area (Å²) in [6, 6.07) is 4.99. The van der Waals surface area contributed by atoms with E-state index in [4.69, 9.17) is 9.47 Å². The van der Waals surface area contributed by atoms with Gasteiger partial charge in [-0.1, -0.05) is 65.2 Å². The summed E-state index contributed by atoms with van der Waals surface area (Å²) < 4.78 is 11.5. The van der Waals surface area contributed by atoms with E-state index in [1.807, 2.05) is 0 Å². The van der Waals surface area contributed by atoms with E-state index in [0.29, 0.717) is 24.7 Å². The highest BCUT2D eigenvalue weighted by atomic mass is 16.5. The second kappa shape index (κ2) is 13.6. The molecule has 1 aromatic carbocycles. The molecule has 0 aliphatic heterocycles. The highest BCUT2D eigenvalue weighted by Crippen LogP contribution is 2.26. The van der Waals surface area contributed by atoms with Crippen molar-refractivity contribution in [2.75, 3.05) is 13.2 Å². The maximum absolute atomic E-state index is 11.3. The fourth-order valence-electron chi connectivity index (χ4n) is 2.67. The van der Waals surface area contributed by atoms with Crippen LogP contribution >= 0.6 is 0 Å². The topological polar surface area (TPSA) is 55.8 Å². The maximum atomic E-state index is 11.3. The molecule has 0 unspecified atom stereocenters. The molecule has 4 nitrogen and oxygen atoms in total. The SMILES string of the molecule is CCCCCCCOc1ccc(C(=O)O)c(OCCCCCCC)c1. The first kappa shape index (κ1) is 21.3. The molecule has 0 fully saturated rings. The maximum Gasteiger partial charge on any atom is 0.339 e. The van der Waals surface area contributed by atoms with Gasteiger partial charge in [-0.2, -0.15) is 0 Å². The van der Waals surface area contributed by atoms with E-state index >= 15 is 0 Å². The van der Waals surface area contributed by atoms with E-state index in [9.17, 15) is 9.90 Å². The van der Waals surface area contributed by atoms with E-state index in [-0.39, 0.29) is 5.56 Å². The molecule has 0 heterocycles. The molecule has 4 heteroatoms. The van der Waals surface area contributed by atoms with Crippen LogP contribution in [0.2, 0.25) is 0 Å². The van der Waals surface area contributed by atoms with Crippen LogP contribution in [0.15, 0.2) is 18.2 Å². The molecule has 142 valence electrons. The van der Waals surface area contributed by atoms with Gasteiger partial charge in [-0.15, -0.1) is 0 Å². The zero-order valence-corrected chi connectivity index (χ0v) is 15.9. The van der Waals surface area contributed by atoms with Gasteiger partial charge in [-0.3, -0.25) is 0 Å². The summed E-state index contributed by atoms with van der Waals surface area (Å²) in [6.07, 6.45) is 11.6. The van der Waals surface area contributed by atoms with Gasteiger partial charge in [-0.25, -0.2) is 4.79 Å². The van der Waals surface area contributed by atoms with Gasteiger partial charge in [0.2, 0.25) is 0 Å². The summed E-state index contributed by atoms with van der Waals surface area (Å²) in [7, 11) is 0. The van der Waals surface area contributed by atoms with Crippen LogP contribution in [-0.4, -0.2) is 24.3 Å². The van der Waals surface area contributed by atoms with E-state index in [0.717, 1.165) is 19.3 Å². The van der Waals surface area contributed by atoms with Crippen molar-refractivity contribution in [3.63, 3.8) is 0 Å². The Balaban J connectivity index is 2.45. The molecule has 1 rings (SSSR count). The van der Waals surface area contributed by atoms with Crippen molar-refractivity contribution in [1.29, 1.82) is 0 Å². The quantitative estimate of drug-likeness (QED) is 0.389. The Labute approximate surface area is 152 Å². The lowest BCUT2D eigenvalue weighted by molar-refractivity contribution is 0.0692. The van der Waals surface area contributed by atoms with E-state index < -0.39 is 5.97 Å². The normalized spacial score (nSPS) is 10.6. The van der Waals surface area contributed by atoms with Crippen molar-refractivity contribution in [3.8, 4) is 11.5 Å². The molecule has 0 bridgehead atoms. The molecule has 0 saturated carbocycles. The van der Waals surface area contributed by atoms with Gasteiger partial charge in [0.1, 0.15) is 17.1 Å². The van der Waals surface area contributed by atoms with Gasteiger partial charge in [0.25, 0.3) is 0 Å². The number of aromatic carboxylic acids is 1. The third kappa shape index (κ3) is 9.37. The lowest BCUT2D eigenvalue weighted by Crippen LogP contribution is -2.06. The summed E-state index contributed by atoms with van der Waals surface area (Å²) in [4.78, 5) is 11.3. The summed E-state index contributed by atoms with van der Waals surface area (Å²) in [5.74, 6) is 0.125. The Morgan fingerprint density at radius 2 is 1.40 bits per heavy atom. The van der Waals surface area contributed by atoms with Crippen molar-refractivity contribution >= 4 is 5.97 Å². The molecule has 0 aromatic heterocycles. The van der Waals surface area contributed by atoms with E-state index in [1.54, 1.807) is 18.2 Å². The average Bonchev–Trinajstić information content (AvgIpc) is 2.61. The summed E-state index contributed by atoms with van der Waals surface area (Å²) >= 11 is 0. The molecule has 0 amide bonds. The second-order valence-electron chi connectivity index (χ2n) is 6.49. The molecule has 0 atom stereocenters. The lowest BCUT2D eigenvalue weighted by atomic mass is 10.1. The molecule has 0 saturated heterocycles. The van der Waals surface area contributed by atoms with E-state index in [2.05, 4.69) is 13.8 Å². The Hall–Kier alpha value is -1.71. The van der Waals surface area contributed by atoms with Gasteiger partial charge in [0.05, 0.1) is 13.2 Å². The van der Waals surface area contributed by atoms with Crippen molar-refractivity contribution < 1.29 is 19.4 Å². The number of carbonyl (C=O) groups is 1. The van der Waals surface area contributed by atoms with Gasteiger partial charge in [0, 0.05) is 6.07 Å². The fraction of sp³-hybridized carbons (Fsp3) is 0.667. The minimum Gasteiger partial charge on any atom is -0.493 e. The number of unbranched alkanes of at least 4 members (excludes halogenated alkanes) is 8. The molecule has 0 spiro atoms. The number of ether oxygens (including phenoxy) is 2. The Bertz CT molecular complexity index is 485. The second-order valence-corrected chi connectivity index (χ2v) is 6.49. The first-order chi connectivity index (χ1) is 12.2. The van der Waals surface area contributed by atoms with Crippen LogP contribution in [0, 0.1) is 0 Å². The van der Waals surface area contributed by atoms with Crippen LogP contribution in [0.4, 0.5) is 0 Å². The Kier molecular flexibility index (Phi) is 11.6. The summed E-state index contributed by atoms with van der Waals surface area (Å²) in [5.41, 5.74) is 0.198. The van der Waals surface area contributed by atoms with Gasteiger partial charge in [-0.05, 0) is 25.0 Å². The van der Waals surface area contributed by atoms with Crippen LogP contribution in [-0.2, 0) is 0 Å². The molecule has 1 N–H and O–H groups in total. The van der Waals surface area contributed by atoms with Crippen LogP contribution < -0.4 is 9.47 Å². The predicted molar refractivity (Wildman–Crippen MR) is 102 cm³/mol. The van der Waals surface area contributed by atoms with E-state index in [1.165, 1.54) is 44.9 Å². The number of carboxylic acids is 1. The van der Waals surface area contributed by atoms with Crippen LogP contribution in [0.25, 0.3) is 0 Å². The molecule has 1 aromatic rings. The van der Waals surface area contributed by atoms with Gasteiger partial charge >= 0.3 is 5.97 Å². The Morgan fingerprint density at radius 3 is 1.96 bits per heavy atom. The summed E-state index contributed by atoms with van der Waals surface area (Å²) in [6.45, 7) is 5.59. The van der Waals surface area contributed by atoms with Crippen LogP contribution in [0.3, 0.4) is 0 Å². The van der Waals surface area contributed by atoms with Gasteiger partial charge < -0.3 is 14.6 Å². The molecule has 0 radical (unpaired) electrons. The van der Waals surface area contributed by atoms with Crippen molar-refractivity contribution in [2.24, 2.45) is 0 Å². The number of carboxylic acid groups (broad SMARTS) is 1. The minimum absolute atomic E-state index is 0.198. The largest absolute Gasteiger partial charge is 0.493 e. The standard InChI is InChI=1S/C21H34O4/c1-3-5-7-9-11-15-24-18-13-14-19(21(22)23)20(17-18)25-16-12-10-8-6-4-2/h13-14,17H,3-12,15-16H2,1-2H3,(H,22,23). The number of benzene rings is 1. The number of rotatable bonds is 15. The first-order valence-electron chi connectivity index (χ1n) is 9.82. The number of hydrogen-bond donors (Lipinski definition) is 1. The summed E-state index contributed by atoms with van der Waals surface area (Å²) in [5, 5.41) is 9.30. The molecular formula is C21H34O4. The predicted octanol–water partition coefficient (Wildman–Crippen LogP) is 6.08. The van der Waals surface area contributed by atoms with Crippen molar-refractivity contribution in [2.45, 2.75) is 78.1 Å². The molecule has 25 heavy (non-hydrogen) atoms. The third-order valence-electron chi connectivity index (χ3n) is 4.21. The first-order valence-corrected chi connectivity index (χ1v) is 9.82. The lowest BCUT2D eigenvalue weighted by Gasteiger charge is -2.12. The average molecular weight is 350 g/mol. The monoisotopic (exact) mass is 350 g/mol.